The number of para-hydroxylation sites is 1. The number of rotatable bonds is 3. The molecule has 3 rings (SSSR count). The Bertz CT molecular complexity index is 858. The van der Waals surface area contributed by atoms with E-state index in [1.807, 2.05) is 19.1 Å². The number of nitrogens with zero attached hydrogens (tertiary/aromatic N) is 3. The van der Waals surface area contributed by atoms with Crippen LogP contribution in [0.25, 0.3) is 10.9 Å². The lowest BCUT2D eigenvalue weighted by molar-refractivity contribution is 0.101. The first-order valence-corrected chi connectivity index (χ1v) is 6.58. The molecular weight excluding hydrogens is 284 g/mol. The van der Waals surface area contributed by atoms with Crippen LogP contribution in [0.2, 0.25) is 0 Å². The number of anilines is 2. The van der Waals surface area contributed by atoms with Crippen LogP contribution in [0.1, 0.15) is 21.9 Å². The number of pyridine rings is 1. The van der Waals surface area contributed by atoms with Crippen molar-refractivity contribution in [2.75, 3.05) is 11.1 Å². The van der Waals surface area contributed by atoms with E-state index in [2.05, 4.69) is 25.5 Å². The number of carbonyl (C=O) groups is 1. The molecular formula is C14H14N6O2. The van der Waals surface area contributed by atoms with Crippen molar-refractivity contribution in [3.8, 4) is 0 Å². The number of H-pyrrole nitrogens is 1. The van der Waals surface area contributed by atoms with Crippen LogP contribution in [0.15, 0.2) is 24.3 Å². The summed E-state index contributed by atoms with van der Waals surface area (Å²) in [6, 6.07) is 7.16. The fraction of sp³-hybridized carbons (Fsp3) is 0.143. The minimum atomic E-state index is -0.467. The van der Waals surface area contributed by atoms with Crippen LogP contribution in [-0.4, -0.2) is 31.2 Å². The van der Waals surface area contributed by atoms with Crippen LogP contribution < -0.4 is 11.1 Å². The van der Waals surface area contributed by atoms with Crippen molar-refractivity contribution in [2.24, 2.45) is 0 Å². The van der Waals surface area contributed by atoms with Crippen molar-refractivity contribution in [1.29, 1.82) is 0 Å². The number of aryl methyl sites for hydroxylation is 1. The van der Waals surface area contributed by atoms with Gasteiger partial charge in [-0.05, 0) is 24.6 Å². The molecule has 1 amide bonds. The number of fused-ring (bicyclic) bond motifs is 1. The zero-order valence-corrected chi connectivity index (χ0v) is 11.8. The van der Waals surface area contributed by atoms with E-state index in [0.717, 1.165) is 16.6 Å². The van der Waals surface area contributed by atoms with Gasteiger partial charge in [0.25, 0.3) is 5.91 Å². The van der Waals surface area contributed by atoms with Gasteiger partial charge in [0.1, 0.15) is 0 Å². The van der Waals surface area contributed by atoms with Gasteiger partial charge >= 0.3 is 0 Å². The molecule has 2 heterocycles. The van der Waals surface area contributed by atoms with Crippen LogP contribution in [-0.2, 0) is 6.61 Å². The van der Waals surface area contributed by atoms with E-state index < -0.39 is 5.91 Å². The molecule has 112 valence electrons. The van der Waals surface area contributed by atoms with Crippen molar-refractivity contribution in [2.45, 2.75) is 13.5 Å². The van der Waals surface area contributed by atoms with Crippen LogP contribution in [0.5, 0.6) is 0 Å². The van der Waals surface area contributed by atoms with Crippen molar-refractivity contribution in [3.63, 3.8) is 0 Å². The lowest BCUT2D eigenvalue weighted by Gasteiger charge is -2.10. The molecule has 1 aromatic carbocycles. The molecule has 0 bridgehead atoms. The van der Waals surface area contributed by atoms with Gasteiger partial charge in [-0.25, -0.2) is 0 Å². The molecule has 0 aliphatic rings. The van der Waals surface area contributed by atoms with Gasteiger partial charge in [0.2, 0.25) is 11.8 Å². The second-order valence-electron chi connectivity index (χ2n) is 4.78. The van der Waals surface area contributed by atoms with E-state index in [-0.39, 0.29) is 18.4 Å². The molecule has 0 unspecified atom stereocenters. The molecule has 22 heavy (non-hydrogen) atoms. The van der Waals surface area contributed by atoms with Crippen LogP contribution in [0.4, 0.5) is 11.6 Å². The lowest BCUT2D eigenvalue weighted by atomic mass is 10.1. The topological polar surface area (TPSA) is 130 Å². The number of carbonyl (C=O) groups excluding carboxylic acids is 1. The van der Waals surface area contributed by atoms with Crippen LogP contribution in [0, 0.1) is 6.92 Å². The summed E-state index contributed by atoms with van der Waals surface area (Å²) in [5.41, 5.74) is 8.02. The van der Waals surface area contributed by atoms with E-state index >= 15 is 0 Å². The monoisotopic (exact) mass is 298 g/mol. The molecule has 0 aliphatic heterocycles. The highest BCUT2D eigenvalue weighted by Gasteiger charge is 2.14. The predicted octanol–water partition coefficient (Wildman–Crippen LogP) is 0.988. The number of amides is 1. The van der Waals surface area contributed by atoms with Gasteiger partial charge in [0, 0.05) is 11.1 Å². The Morgan fingerprint density at radius 2 is 2.23 bits per heavy atom. The summed E-state index contributed by atoms with van der Waals surface area (Å²) < 4.78 is 0. The molecule has 3 aromatic rings. The van der Waals surface area contributed by atoms with Gasteiger partial charge in [-0.2, -0.15) is 4.98 Å². The molecule has 0 saturated carbocycles. The number of hydrogen-bond acceptors (Lipinski definition) is 6. The normalized spacial score (nSPS) is 10.8. The Balaban J connectivity index is 2.04. The van der Waals surface area contributed by atoms with Gasteiger partial charge < -0.3 is 16.2 Å². The number of nitrogens with two attached hydrogens (primary N) is 1. The fourth-order valence-electron chi connectivity index (χ4n) is 2.25. The quantitative estimate of drug-likeness (QED) is 0.570. The number of aromatic nitrogens is 4. The Morgan fingerprint density at radius 3 is 2.91 bits per heavy atom. The fourth-order valence-corrected chi connectivity index (χ4v) is 2.25. The molecule has 0 saturated heterocycles. The smallest absolute Gasteiger partial charge is 0.293 e. The Kier molecular flexibility index (Phi) is 3.43. The Morgan fingerprint density at radius 1 is 1.41 bits per heavy atom. The molecule has 2 aromatic heterocycles. The summed E-state index contributed by atoms with van der Waals surface area (Å²) in [6.07, 6.45) is 0. The largest absolute Gasteiger partial charge is 0.392 e. The number of nitrogens with one attached hydrogen (secondary N) is 2. The number of aliphatic hydroxyl groups excluding tert-OH is 1. The maximum absolute atomic E-state index is 12.1. The van der Waals surface area contributed by atoms with Crippen LogP contribution in [0.3, 0.4) is 0 Å². The first kappa shape index (κ1) is 14.0. The van der Waals surface area contributed by atoms with Gasteiger partial charge in [-0.15, -0.1) is 5.10 Å². The number of aromatic amines is 1. The molecule has 0 spiro atoms. The number of hydrogen-bond donors (Lipinski definition) is 4. The maximum Gasteiger partial charge on any atom is 0.293 e. The summed E-state index contributed by atoms with van der Waals surface area (Å²) in [5.74, 6) is -0.449. The van der Waals surface area contributed by atoms with Crippen molar-refractivity contribution in [3.05, 3.63) is 41.3 Å². The third-order valence-corrected chi connectivity index (χ3v) is 3.19. The number of aliphatic hydroxyl groups is 1. The van der Waals surface area contributed by atoms with Gasteiger partial charge in [-0.1, -0.05) is 12.1 Å². The molecule has 0 atom stereocenters. The number of benzene rings is 1. The first-order valence-electron chi connectivity index (χ1n) is 6.58. The zero-order valence-electron chi connectivity index (χ0n) is 11.8. The summed E-state index contributed by atoms with van der Waals surface area (Å²) in [5, 5.41) is 19.0. The summed E-state index contributed by atoms with van der Waals surface area (Å²) >= 11 is 0. The third kappa shape index (κ3) is 2.47. The minimum Gasteiger partial charge on any atom is -0.392 e. The van der Waals surface area contributed by atoms with Crippen LogP contribution >= 0.6 is 0 Å². The van der Waals surface area contributed by atoms with Gasteiger partial charge in [-0.3, -0.25) is 14.9 Å². The summed E-state index contributed by atoms with van der Waals surface area (Å²) in [6.45, 7) is 1.73. The lowest BCUT2D eigenvalue weighted by Crippen LogP contribution is -2.14. The minimum absolute atomic E-state index is 0.000365. The van der Waals surface area contributed by atoms with E-state index in [0.29, 0.717) is 11.2 Å². The molecule has 5 N–H and O–H groups in total. The SMILES string of the molecule is Cc1cc(CO)c2cccc(NC(=O)c3nc(N)n[nH]3)c2n1. The average Bonchev–Trinajstić information content (AvgIpc) is 2.94. The molecule has 0 aliphatic carbocycles. The van der Waals surface area contributed by atoms with Crippen molar-refractivity contribution in [1.82, 2.24) is 20.2 Å². The third-order valence-electron chi connectivity index (χ3n) is 3.19. The highest BCUT2D eigenvalue weighted by molar-refractivity contribution is 6.06. The second-order valence-corrected chi connectivity index (χ2v) is 4.78. The first-order chi connectivity index (χ1) is 10.6. The zero-order chi connectivity index (χ0) is 15.7. The summed E-state index contributed by atoms with van der Waals surface area (Å²) in [4.78, 5) is 20.3. The van der Waals surface area contributed by atoms with E-state index in [1.54, 1.807) is 12.1 Å². The molecule has 0 radical (unpaired) electrons. The van der Waals surface area contributed by atoms with Gasteiger partial charge in [0.15, 0.2) is 0 Å². The molecule has 0 fully saturated rings. The maximum atomic E-state index is 12.1. The highest BCUT2D eigenvalue weighted by atomic mass is 16.3. The van der Waals surface area contributed by atoms with Crippen molar-refractivity contribution < 1.29 is 9.90 Å². The second kappa shape index (κ2) is 5.41. The molecule has 8 nitrogen and oxygen atoms in total. The summed E-state index contributed by atoms with van der Waals surface area (Å²) in [7, 11) is 0. The van der Waals surface area contributed by atoms with E-state index in [1.165, 1.54) is 0 Å². The van der Waals surface area contributed by atoms with E-state index in [4.69, 9.17) is 5.73 Å². The standard InChI is InChI=1S/C14H14N6O2/c1-7-5-8(6-21)9-3-2-4-10(11(9)16-7)17-13(22)12-18-14(15)20-19-12/h2-5,21H,6H2,1H3,(H,17,22)(H3,15,18,19,20). The average molecular weight is 298 g/mol. The molecule has 8 heteroatoms. The van der Waals surface area contributed by atoms with Crippen molar-refractivity contribution >= 4 is 28.4 Å². The Hall–Kier alpha value is -3.00. The number of nitrogen functional groups attached to an aromatic ring is 1. The highest BCUT2D eigenvalue weighted by Crippen LogP contribution is 2.25. The van der Waals surface area contributed by atoms with E-state index in [9.17, 15) is 9.90 Å². The Labute approximate surface area is 125 Å². The predicted molar refractivity (Wildman–Crippen MR) is 81.2 cm³/mol. The van der Waals surface area contributed by atoms with Gasteiger partial charge in [0.05, 0.1) is 17.8 Å².